The Morgan fingerprint density at radius 3 is 2.85 bits per heavy atom. The van der Waals surface area contributed by atoms with Gasteiger partial charge in [0.2, 0.25) is 5.91 Å². The SMILES string of the molecule is CCC(=O)N1CCC(Nc2ccc(C(=O)Nc3cccc(Cl)c3)cn2)C1. The Morgan fingerprint density at radius 1 is 1.31 bits per heavy atom. The van der Waals surface area contributed by atoms with Crippen LogP contribution in [-0.4, -0.2) is 40.8 Å². The molecule has 136 valence electrons. The summed E-state index contributed by atoms with van der Waals surface area (Å²) in [6.45, 7) is 3.33. The number of halogens is 1. The van der Waals surface area contributed by atoms with Crippen LogP contribution in [0.5, 0.6) is 0 Å². The van der Waals surface area contributed by atoms with Crippen molar-refractivity contribution in [3.05, 3.63) is 53.2 Å². The van der Waals surface area contributed by atoms with Crippen LogP contribution in [0.25, 0.3) is 0 Å². The van der Waals surface area contributed by atoms with Gasteiger partial charge in [-0.1, -0.05) is 24.6 Å². The van der Waals surface area contributed by atoms with E-state index < -0.39 is 0 Å². The molecule has 3 rings (SSSR count). The van der Waals surface area contributed by atoms with Crippen molar-refractivity contribution in [3.63, 3.8) is 0 Å². The van der Waals surface area contributed by atoms with Crippen molar-refractivity contribution < 1.29 is 9.59 Å². The molecule has 2 heterocycles. The molecule has 1 atom stereocenters. The summed E-state index contributed by atoms with van der Waals surface area (Å²) < 4.78 is 0. The molecule has 1 aliphatic rings. The number of likely N-dealkylation sites (tertiary alicyclic amines) is 1. The van der Waals surface area contributed by atoms with E-state index in [4.69, 9.17) is 11.6 Å². The summed E-state index contributed by atoms with van der Waals surface area (Å²) in [7, 11) is 0. The summed E-state index contributed by atoms with van der Waals surface area (Å²) in [5, 5.41) is 6.67. The minimum atomic E-state index is -0.244. The number of amides is 2. The monoisotopic (exact) mass is 372 g/mol. The second-order valence-corrected chi connectivity index (χ2v) is 6.66. The smallest absolute Gasteiger partial charge is 0.257 e. The van der Waals surface area contributed by atoms with Gasteiger partial charge in [0.05, 0.1) is 5.56 Å². The number of carbonyl (C=O) groups excluding carboxylic acids is 2. The zero-order valence-corrected chi connectivity index (χ0v) is 15.3. The van der Waals surface area contributed by atoms with E-state index in [9.17, 15) is 9.59 Å². The highest BCUT2D eigenvalue weighted by atomic mass is 35.5. The number of pyridine rings is 1. The minimum absolute atomic E-state index is 0.176. The lowest BCUT2D eigenvalue weighted by molar-refractivity contribution is -0.129. The first-order valence-corrected chi connectivity index (χ1v) is 9.00. The van der Waals surface area contributed by atoms with Crippen LogP contribution in [0.15, 0.2) is 42.6 Å². The molecular weight excluding hydrogens is 352 g/mol. The van der Waals surface area contributed by atoms with Crippen LogP contribution < -0.4 is 10.6 Å². The van der Waals surface area contributed by atoms with E-state index in [0.29, 0.717) is 35.1 Å². The van der Waals surface area contributed by atoms with Gasteiger partial charge in [0.25, 0.3) is 5.91 Å². The van der Waals surface area contributed by atoms with Crippen LogP contribution in [0, 0.1) is 0 Å². The van der Waals surface area contributed by atoms with E-state index in [1.54, 1.807) is 36.4 Å². The summed E-state index contributed by atoms with van der Waals surface area (Å²) in [5.74, 6) is 0.627. The Bertz CT molecular complexity index is 794. The summed E-state index contributed by atoms with van der Waals surface area (Å²) in [6.07, 6.45) is 2.96. The summed E-state index contributed by atoms with van der Waals surface area (Å²) in [6, 6.07) is 10.7. The van der Waals surface area contributed by atoms with Crippen molar-refractivity contribution >= 4 is 34.9 Å². The van der Waals surface area contributed by atoms with E-state index >= 15 is 0 Å². The van der Waals surface area contributed by atoms with Crippen LogP contribution >= 0.6 is 11.6 Å². The van der Waals surface area contributed by atoms with E-state index in [-0.39, 0.29) is 17.9 Å². The highest BCUT2D eigenvalue weighted by Crippen LogP contribution is 2.17. The Labute approximate surface area is 157 Å². The van der Waals surface area contributed by atoms with Gasteiger partial charge in [-0.05, 0) is 36.8 Å². The third kappa shape index (κ3) is 4.52. The van der Waals surface area contributed by atoms with Gasteiger partial charge < -0.3 is 15.5 Å². The van der Waals surface area contributed by atoms with Crippen molar-refractivity contribution in [2.24, 2.45) is 0 Å². The number of nitrogens with one attached hydrogen (secondary N) is 2. The number of carbonyl (C=O) groups is 2. The van der Waals surface area contributed by atoms with Crippen molar-refractivity contribution in [1.29, 1.82) is 0 Å². The first-order valence-electron chi connectivity index (χ1n) is 8.62. The fourth-order valence-corrected chi connectivity index (χ4v) is 3.11. The molecule has 1 aromatic carbocycles. The fraction of sp³-hybridized carbons (Fsp3) is 0.316. The maximum Gasteiger partial charge on any atom is 0.257 e. The Kier molecular flexibility index (Phi) is 5.73. The van der Waals surface area contributed by atoms with E-state index in [0.717, 1.165) is 13.0 Å². The van der Waals surface area contributed by atoms with E-state index in [1.165, 1.54) is 6.20 Å². The standard InChI is InChI=1S/C19H21ClN4O2/c1-2-18(25)24-9-8-16(12-24)22-17-7-6-13(11-21-17)19(26)23-15-5-3-4-14(20)10-15/h3-7,10-11,16H,2,8-9,12H2,1H3,(H,21,22)(H,23,26). The second-order valence-electron chi connectivity index (χ2n) is 6.22. The first-order chi connectivity index (χ1) is 12.5. The highest BCUT2D eigenvalue weighted by molar-refractivity contribution is 6.30. The third-order valence-corrected chi connectivity index (χ3v) is 4.54. The lowest BCUT2D eigenvalue weighted by Gasteiger charge is -2.16. The van der Waals surface area contributed by atoms with Crippen LogP contribution in [0.2, 0.25) is 5.02 Å². The number of hydrogen-bond acceptors (Lipinski definition) is 4. The van der Waals surface area contributed by atoms with Crippen molar-refractivity contribution in [2.45, 2.75) is 25.8 Å². The second kappa shape index (κ2) is 8.19. The fourth-order valence-electron chi connectivity index (χ4n) is 2.92. The van der Waals surface area contributed by atoms with Gasteiger partial charge in [0, 0.05) is 42.5 Å². The molecule has 7 heteroatoms. The Morgan fingerprint density at radius 2 is 2.15 bits per heavy atom. The summed E-state index contributed by atoms with van der Waals surface area (Å²) >= 11 is 5.92. The third-order valence-electron chi connectivity index (χ3n) is 4.30. The molecule has 2 N–H and O–H groups in total. The normalized spacial score (nSPS) is 16.4. The zero-order chi connectivity index (χ0) is 18.5. The van der Waals surface area contributed by atoms with E-state index in [1.807, 2.05) is 11.8 Å². The zero-order valence-electron chi connectivity index (χ0n) is 14.5. The number of benzene rings is 1. The molecule has 0 spiro atoms. The van der Waals surface area contributed by atoms with Gasteiger partial charge in [0.1, 0.15) is 5.82 Å². The molecule has 2 aromatic rings. The van der Waals surface area contributed by atoms with Gasteiger partial charge in [-0.2, -0.15) is 0 Å². The lowest BCUT2D eigenvalue weighted by Crippen LogP contribution is -2.31. The molecule has 1 unspecified atom stereocenters. The minimum Gasteiger partial charge on any atom is -0.365 e. The Balaban J connectivity index is 1.57. The van der Waals surface area contributed by atoms with Crippen LogP contribution in [-0.2, 0) is 4.79 Å². The van der Waals surface area contributed by atoms with E-state index in [2.05, 4.69) is 15.6 Å². The number of nitrogens with zero attached hydrogens (tertiary/aromatic N) is 2. The van der Waals surface area contributed by atoms with Gasteiger partial charge in [-0.3, -0.25) is 9.59 Å². The lowest BCUT2D eigenvalue weighted by atomic mass is 10.2. The molecule has 2 amide bonds. The van der Waals surface area contributed by atoms with Crippen LogP contribution in [0.4, 0.5) is 11.5 Å². The van der Waals surface area contributed by atoms with Gasteiger partial charge in [0.15, 0.2) is 0 Å². The molecule has 0 saturated carbocycles. The first kappa shape index (κ1) is 18.2. The molecule has 26 heavy (non-hydrogen) atoms. The quantitative estimate of drug-likeness (QED) is 0.843. The molecule has 0 aliphatic carbocycles. The maximum absolute atomic E-state index is 12.3. The number of hydrogen-bond donors (Lipinski definition) is 2. The van der Waals surface area contributed by atoms with Gasteiger partial charge in [-0.25, -0.2) is 4.98 Å². The van der Waals surface area contributed by atoms with Crippen molar-refractivity contribution in [3.8, 4) is 0 Å². The summed E-state index contributed by atoms with van der Waals surface area (Å²) in [5.41, 5.74) is 1.10. The largest absolute Gasteiger partial charge is 0.365 e. The van der Waals surface area contributed by atoms with Crippen LogP contribution in [0.3, 0.4) is 0 Å². The molecule has 1 aromatic heterocycles. The molecule has 1 aliphatic heterocycles. The van der Waals surface area contributed by atoms with Gasteiger partial charge in [-0.15, -0.1) is 0 Å². The van der Waals surface area contributed by atoms with Gasteiger partial charge >= 0.3 is 0 Å². The number of aromatic nitrogens is 1. The maximum atomic E-state index is 12.3. The predicted octanol–water partition coefficient (Wildman–Crippen LogP) is 3.41. The predicted molar refractivity (Wildman–Crippen MR) is 103 cm³/mol. The van der Waals surface area contributed by atoms with Crippen molar-refractivity contribution in [2.75, 3.05) is 23.7 Å². The molecule has 1 saturated heterocycles. The molecule has 0 radical (unpaired) electrons. The molecule has 0 bridgehead atoms. The topological polar surface area (TPSA) is 74.3 Å². The number of rotatable bonds is 5. The van der Waals surface area contributed by atoms with Crippen molar-refractivity contribution in [1.82, 2.24) is 9.88 Å². The molecule has 1 fully saturated rings. The Hall–Kier alpha value is -2.60. The summed E-state index contributed by atoms with van der Waals surface area (Å²) in [4.78, 5) is 30.2. The number of anilines is 2. The highest BCUT2D eigenvalue weighted by Gasteiger charge is 2.25. The average Bonchev–Trinajstić information content (AvgIpc) is 3.10. The van der Waals surface area contributed by atoms with Crippen LogP contribution in [0.1, 0.15) is 30.1 Å². The molecular formula is C19H21ClN4O2. The molecule has 6 nitrogen and oxygen atoms in total. The average molecular weight is 373 g/mol.